The fourth-order valence-electron chi connectivity index (χ4n) is 3.37. The molecule has 2 atom stereocenters. The molecule has 2 aromatic carbocycles. The van der Waals surface area contributed by atoms with Crippen LogP contribution in [0.1, 0.15) is 18.9 Å². The highest BCUT2D eigenvalue weighted by Gasteiger charge is 2.37. The molecule has 2 aliphatic heterocycles. The van der Waals surface area contributed by atoms with Gasteiger partial charge in [0.1, 0.15) is 11.9 Å². The molecule has 26 heavy (non-hydrogen) atoms. The average molecular weight is 353 g/mol. The number of carbonyl (C=O) groups is 1. The van der Waals surface area contributed by atoms with Crippen LogP contribution in [0.15, 0.2) is 54.6 Å². The fourth-order valence-corrected chi connectivity index (χ4v) is 3.37. The van der Waals surface area contributed by atoms with Crippen molar-refractivity contribution in [1.29, 1.82) is 0 Å². The Morgan fingerprint density at radius 1 is 1.08 bits per heavy atom. The van der Waals surface area contributed by atoms with E-state index in [4.69, 9.17) is 9.47 Å². The summed E-state index contributed by atoms with van der Waals surface area (Å²) in [5, 5.41) is 0. The van der Waals surface area contributed by atoms with E-state index in [1.807, 2.05) is 37.3 Å². The maximum Gasteiger partial charge on any atom is 0.267 e. The Bertz CT molecular complexity index is 847. The van der Waals surface area contributed by atoms with E-state index < -0.39 is 6.10 Å². The van der Waals surface area contributed by atoms with E-state index in [-0.39, 0.29) is 17.8 Å². The van der Waals surface area contributed by atoms with Crippen LogP contribution >= 0.6 is 0 Å². The van der Waals surface area contributed by atoms with Crippen LogP contribution in [0, 0.1) is 5.82 Å². The maximum atomic E-state index is 13.1. The number of hydrogen-bond donors (Lipinski definition) is 0. The standard InChI is InChI=1S/C21H20FNO3/c1-14-20(26-19-5-3-2-4-18(19)25-14)21(24)23-12-10-16(11-13-23)15-6-8-17(22)9-7-15/h2-10,14,20H,11-13H2,1H3. The molecule has 0 radical (unpaired) electrons. The van der Waals surface area contributed by atoms with Crippen LogP contribution in [-0.2, 0) is 4.79 Å². The van der Waals surface area contributed by atoms with Crippen LogP contribution in [-0.4, -0.2) is 36.1 Å². The number of halogens is 1. The van der Waals surface area contributed by atoms with Crippen LogP contribution in [0.2, 0.25) is 0 Å². The Morgan fingerprint density at radius 3 is 2.42 bits per heavy atom. The number of hydrogen-bond acceptors (Lipinski definition) is 3. The van der Waals surface area contributed by atoms with Crippen molar-refractivity contribution in [3.8, 4) is 11.5 Å². The van der Waals surface area contributed by atoms with E-state index in [1.165, 1.54) is 12.1 Å². The molecule has 5 heteroatoms. The Kier molecular flexibility index (Phi) is 4.37. The molecule has 0 aromatic heterocycles. The molecule has 0 bridgehead atoms. The van der Waals surface area contributed by atoms with Gasteiger partial charge in [0, 0.05) is 13.1 Å². The Balaban J connectivity index is 1.46. The number of fused-ring (bicyclic) bond motifs is 1. The topological polar surface area (TPSA) is 38.8 Å². The lowest BCUT2D eigenvalue weighted by molar-refractivity contribution is -0.143. The third kappa shape index (κ3) is 3.17. The van der Waals surface area contributed by atoms with Gasteiger partial charge < -0.3 is 14.4 Å². The quantitative estimate of drug-likeness (QED) is 0.827. The van der Waals surface area contributed by atoms with Gasteiger partial charge in [-0.05, 0) is 48.7 Å². The van der Waals surface area contributed by atoms with Crippen molar-refractivity contribution in [2.75, 3.05) is 13.1 Å². The van der Waals surface area contributed by atoms with Crippen LogP contribution < -0.4 is 9.47 Å². The second kappa shape index (κ2) is 6.83. The van der Waals surface area contributed by atoms with Crippen LogP contribution in [0.25, 0.3) is 5.57 Å². The number of ether oxygens (including phenoxy) is 2. The number of nitrogens with zero attached hydrogens (tertiary/aromatic N) is 1. The number of amides is 1. The molecule has 2 unspecified atom stereocenters. The monoisotopic (exact) mass is 353 g/mol. The zero-order valence-corrected chi connectivity index (χ0v) is 14.5. The van der Waals surface area contributed by atoms with Gasteiger partial charge in [-0.25, -0.2) is 4.39 Å². The van der Waals surface area contributed by atoms with Gasteiger partial charge in [-0.15, -0.1) is 0 Å². The van der Waals surface area contributed by atoms with Gasteiger partial charge in [0.2, 0.25) is 6.10 Å². The number of rotatable bonds is 2. The molecule has 134 valence electrons. The molecule has 2 aromatic rings. The van der Waals surface area contributed by atoms with E-state index in [0.717, 1.165) is 17.6 Å². The number of para-hydroxylation sites is 2. The molecule has 0 saturated carbocycles. The van der Waals surface area contributed by atoms with Crippen molar-refractivity contribution in [2.45, 2.75) is 25.6 Å². The molecule has 0 spiro atoms. The normalized spacial score (nSPS) is 21.9. The highest BCUT2D eigenvalue weighted by molar-refractivity contribution is 5.83. The first kappa shape index (κ1) is 16.6. The Hall–Kier alpha value is -2.82. The summed E-state index contributed by atoms with van der Waals surface area (Å²) in [6.07, 6.45) is 1.76. The molecule has 0 N–H and O–H groups in total. The Labute approximate surface area is 151 Å². The van der Waals surface area contributed by atoms with Gasteiger partial charge in [-0.1, -0.05) is 30.3 Å². The zero-order chi connectivity index (χ0) is 18.1. The third-order valence-corrected chi connectivity index (χ3v) is 4.82. The summed E-state index contributed by atoms with van der Waals surface area (Å²) in [4.78, 5) is 14.7. The second-order valence-corrected chi connectivity index (χ2v) is 6.58. The predicted molar refractivity (Wildman–Crippen MR) is 96.5 cm³/mol. The van der Waals surface area contributed by atoms with Crippen LogP contribution in [0.3, 0.4) is 0 Å². The summed E-state index contributed by atoms with van der Waals surface area (Å²) in [6, 6.07) is 13.8. The van der Waals surface area contributed by atoms with Crippen molar-refractivity contribution in [2.24, 2.45) is 0 Å². The van der Waals surface area contributed by atoms with Crippen molar-refractivity contribution in [3.63, 3.8) is 0 Å². The molecular formula is C21H20FNO3. The minimum Gasteiger partial charge on any atom is -0.482 e. The summed E-state index contributed by atoms with van der Waals surface area (Å²) in [6.45, 7) is 2.97. The summed E-state index contributed by atoms with van der Waals surface area (Å²) in [5.74, 6) is 0.955. The van der Waals surface area contributed by atoms with Crippen LogP contribution in [0.5, 0.6) is 11.5 Å². The molecule has 2 aliphatic rings. The van der Waals surface area contributed by atoms with Gasteiger partial charge in [0.05, 0.1) is 0 Å². The van der Waals surface area contributed by atoms with Crippen molar-refractivity contribution < 1.29 is 18.7 Å². The highest BCUT2D eigenvalue weighted by atomic mass is 19.1. The van der Waals surface area contributed by atoms with E-state index in [2.05, 4.69) is 0 Å². The fraction of sp³-hybridized carbons (Fsp3) is 0.286. The van der Waals surface area contributed by atoms with Gasteiger partial charge in [-0.2, -0.15) is 0 Å². The minimum absolute atomic E-state index is 0.0681. The van der Waals surface area contributed by atoms with Gasteiger partial charge in [0.15, 0.2) is 11.5 Å². The lowest BCUT2D eigenvalue weighted by Gasteiger charge is -2.35. The smallest absolute Gasteiger partial charge is 0.267 e. The Morgan fingerprint density at radius 2 is 1.77 bits per heavy atom. The molecule has 1 amide bonds. The van der Waals surface area contributed by atoms with Gasteiger partial charge in [-0.3, -0.25) is 4.79 Å². The first-order chi connectivity index (χ1) is 12.6. The van der Waals surface area contributed by atoms with Crippen molar-refractivity contribution in [3.05, 3.63) is 66.0 Å². The molecule has 4 rings (SSSR count). The average Bonchev–Trinajstić information content (AvgIpc) is 2.68. The minimum atomic E-state index is -0.648. The molecule has 0 saturated heterocycles. The number of carbonyl (C=O) groups excluding carboxylic acids is 1. The molecule has 4 nitrogen and oxygen atoms in total. The van der Waals surface area contributed by atoms with Crippen LogP contribution in [0.4, 0.5) is 4.39 Å². The number of benzene rings is 2. The van der Waals surface area contributed by atoms with E-state index in [0.29, 0.717) is 24.6 Å². The van der Waals surface area contributed by atoms with Gasteiger partial charge >= 0.3 is 0 Å². The molecule has 2 heterocycles. The van der Waals surface area contributed by atoms with Crippen molar-refractivity contribution in [1.82, 2.24) is 4.90 Å². The zero-order valence-electron chi connectivity index (χ0n) is 14.5. The van der Waals surface area contributed by atoms with E-state index in [9.17, 15) is 9.18 Å². The first-order valence-corrected chi connectivity index (χ1v) is 8.78. The molecule has 0 aliphatic carbocycles. The van der Waals surface area contributed by atoms with E-state index >= 15 is 0 Å². The summed E-state index contributed by atoms with van der Waals surface area (Å²) in [7, 11) is 0. The highest BCUT2D eigenvalue weighted by Crippen LogP contribution is 2.34. The first-order valence-electron chi connectivity index (χ1n) is 8.78. The third-order valence-electron chi connectivity index (χ3n) is 4.82. The maximum absolute atomic E-state index is 13.1. The van der Waals surface area contributed by atoms with E-state index in [1.54, 1.807) is 17.0 Å². The lowest BCUT2D eigenvalue weighted by atomic mass is 9.99. The summed E-state index contributed by atoms with van der Waals surface area (Å²) >= 11 is 0. The summed E-state index contributed by atoms with van der Waals surface area (Å²) in [5.41, 5.74) is 2.13. The lowest BCUT2D eigenvalue weighted by Crippen LogP contribution is -2.51. The van der Waals surface area contributed by atoms with Gasteiger partial charge in [0.25, 0.3) is 5.91 Å². The molecule has 0 fully saturated rings. The predicted octanol–water partition coefficient (Wildman–Crippen LogP) is 3.67. The largest absolute Gasteiger partial charge is 0.482 e. The molecular weight excluding hydrogens is 333 g/mol. The second-order valence-electron chi connectivity index (χ2n) is 6.58. The van der Waals surface area contributed by atoms with Crippen molar-refractivity contribution >= 4 is 11.5 Å². The SMILES string of the molecule is CC1Oc2ccccc2OC1C(=O)N1CC=C(c2ccc(F)cc2)CC1. The summed E-state index contributed by atoms with van der Waals surface area (Å²) < 4.78 is 24.8.